The minimum absolute atomic E-state index is 0.865. The fourth-order valence-electron chi connectivity index (χ4n) is 2.24. The molecule has 3 nitrogen and oxygen atoms in total. The molecule has 0 radical (unpaired) electrons. The maximum absolute atomic E-state index is 4.74. The summed E-state index contributed by atoms with van der Waals surface area (Å²) in [7, 11) is 0. The zero-order chi connectivity index (χ0) is 12.8. The molecule has 0 spiro atoms. The second-order valence-electron chi connectivity index (χ2n) is 4.92. The second-order valence-corrected chi connectivity index (χ2v) is 4.92. The first-order valence-electron chi connectivity index (χ1n) is 6.87. The summed E-state index contributed by atoms with van der Waals surface area (Å²) in [6, 6.07) is 6.32. The molecule has 1 aromatic heterocycles. The summed E-state index contributed by atoms with van der Waals surface area (Å²) < 4.78 is 0. The summed E-state index contributed by atoms with van der Waals surface area (Å²) >= 11 is 0. The SMILES string of the molecule is CCCNCc1cccc(N2CCC=C(C)C2)n1. The third-order valence-electron chi connectivity index (χ3n) is 3.18. The maximum atomic E-state index is 4.74. The van der Waals surface area contributed by atoms with E-state index in [9.17, 15) is 0 Å². The van der Waals surface area contributed by atoms with Gasteiger partial charge >= 0.3 is 0 Å². The predicted molar refractivity (Wildman–Crippen MR) is 76.8 cm³/mol. The maximum Gasteiger partial charge on any atom is 0.129 e. The van der Waals surface area contributed by atoms with Crippen molar-refractivity contribution in [3.63, 3.8) is 0 Å². The van der Waals surface area contributed by atoms with Gasteiger partial charge in [-0.15, -0.1) is 0 Å². The normalized spacial score (nSPS) is 15.7. The van der Waals surface area contributed by atoms with E-state index >= 15 is 0 Å². The van der Waals surface area contributed by atoms with Gasteiger partial charge in [-0.3, -0.25) is 0 Å². The van der Waals surface area contributed by atoms with Gasteiger partial charge < -0.3 is 10.2 Å². The minimum atomic E-state index is 0.865. The molecule has 18 heavy (non-hydrogen) atoms. The van der Waals surface area contributed by atoms with Crippen molar-refractivity contribution in [2.75, 3.05) is 24.5 Å². The Balaban J connectivity index is 2.00. The van der Waals surface area contributed by atoms with Crippen LogP contribution in [0, 0.1) is 0 Å². The number of hydrogen-bond donors (Lipinski definition) is 1. The first-order valence-corrected chi connectivity index (χ1v) is 6.87. The number of nitrogens with one attached hydrogen (secondary N) is 1. The Morgan fingerprint density at radius 2 is 2.28 bits per heavy atom. The number of pyridine rings is 1. The van der Waals surface area contributed by atoms with Crippen LogP contribution in [0.4, 0.5) is 5.82 Å². The Bertz CT molecular complexity index is 412. The molecule has 0 unspecified atom stereocenters. The molecular formula is C15H23N3. The molecule has 2 rings (SSSR count). The summed E-state index contributed by atoms with van der Waals surface area (Å²) in [6.07, 6.45) is 4.62. The second kappa shape index (κ2) is 6.55. The zero-order valence-electron chi connectivity index (χ0n) is 11.4. The number of rotatable bonds is 5. The summed E-state index contributed by atoms with van der Waals surface area (Å²) in [5, 5.41) is 3.40. The third kappa shape index (κ3) is 3.57. The number of anilines is 1. The molecule has 0 aromatic carbocycles. The van der Waals surface area contributed by atoms with Crippen LogP contribution in [0.1, 0.15) is 32.4 Å². The van der Waals surface area contributed by atoms with Crippen LogP contribution in [0.3, 0.4) is 0 Å². The zero-order valence-corrected chi connectivity index (χ0v) is 11.4. The lowest BCUT2D eigenvalue weighted by molar-refractivity contribution is 0.662. The van der Waals surface area contributed by atoms with Crippen LogP contribution < -0.4 is 10.2 Å². The molecule has 0 amide bonds. The van der Waals surface area contributed by atoms with Gasteiger partial charge in [-0.2, -0.15) is 0 Å². The van der Waals surface area contributed by atoms with Crippen LogP contribution in [0.2, 0.25) is 0 Å². The molecule has 0 saturated carbocycles. The summed E-state index contributed by atoms with van der Waals surface area (Å²) in [5.41, 5.74) is 2.57. The minimum Gasteiger partial charge on any atom is -0.352 e. The van der Waals surface area contributed by atoms with E-state index in [0.717, 1.165) is 50.5 Å². The van der Waals surface area contributed by atoms with Crippen molar-refractivity contribution in [3.8, 4) is 0 Å². The van der Waals surface area contributed by atoms with E-state index in [1.807, 2.05) is 0 Å². The predicted octanol–water partition coefficient (Wildman–Crippen LogP) is 2.74. The highest BCUT2D eigenvalue weighted by atomic mass is 15.2. The van der Waals surface area contributed by atoms with E-state index in [1.165, 1.54) is 5.57 Å². The van der Waals surface area contributed by atoms with E-state index < -0.39 is 0 Å². The Kier molecular flexibility index (Phi) is 4.76. The van der Waals surface area contributed by atoms with Crippen molar-refractivity contribution in [2.24, 2.45) is 0 Å². The Labute approximate surface area is 110 Å². The molecule has 3 heteroatoms. The lowest BCUT2D eigenvalue weighted by Crippen LogP contribution is -2.30. The molecule has 1 aliphatic rings. The first-order chi connectivity index (χ1) is 8.79. The van der Waals surface area contributed by atoms with Crippen LogP contribution in [0.25, 0.3) is 0 Å². The van der Waals surface area contributed by atoms with Crippen LogP contribution in [-0.4, -0.2) is 24.6 Å². The molecule has 0 aliphatic carbocycles. The Morgan fingerprint density at radius 1 is 1.39 bits per heavy atom. The Morgan fingerprint density at radius 3 is 3.06 bits per heavy atom. The summed E-state index contributed by atoms with van der Waals surface area (Å²) in [6.45, 7) is 8.38. The average Bonchev–Trinajstić information content (AvgIpc) is 2.39. The topological polar surface area (TPSA) is 28.2 Å². The van der Waals surface area contributed by atoms with Gasteiger partial charge in [0, 0.05) is 19.6 Å². The van der Waals surface area contributed by atoms with E-state index in [0.29, 0.717) is 0 Å². The largest absolute Gasteiger partial charge is 0.352 e. The highest BCUT2D eigenvalue weighted by Crippen LogP contribution is 2.17. The quantitative estimate of drug-likeness (QED) is 0.638. The molecule has 98 valence electrons. The highest BCUT2D eigenvalue weighted by Gasteiger charge is 2.11. The smallest absolute Gasteiger partial charge is 0.129 e. The van der Waals surface area contributed by atoms with Crippen LogP contribution in [-0.2, 0) is 6.54 Å². The third-order valence-corrected chi connectivity index (χ3v) is 3.18. The van der Waals surface area contributed by atoms with E-state index in [1.54, 1.807) is 0 Å². The van der Waals surface area contributed by atoms with Gasteiger partial charge in [0.15, 0.2) is 0 Å². The molecule has 2 heterocycles. The average molecular weight is 245 g/mol. The Hall–Kier alpha value is -1.35. The van der Waals surface area contributed by atoms with E-state index in [4.69, 9.17) is 4.98 Å². The van der Waals surface area contributed by atoms with Crippen molar-refractivity contribution >= 4 is 5.82 Å². The van der Waals surface area contributed by atoms with Crippen molar-refractivity contribution in [1.29, 1.82) is 0 Å². The molecular weight excluding hydrogens is 222 g/mol. The van der Waals surface area contributed by atoms with Crippen molar-refractivity contribution < 1.29 is 0 Å². The van der Waals surface area contributed by atoms with Gasteiger partial charge in [-0.25, -0.2) is 4.98 Å². The molecule has 0 fully saturated rings. The molecule has 1 N–H and O–H groups in total. The monoisotopic (exact) mass is 245 g/mol. The number of aromatic nitrogens is 1. The van der Waals surface area contributed by atoms with Gasteiger partial charge in [0.25, 0.3) is 0 Å². The highest BCUT2D eigenvalue weighted by molar-refractivity contribution is 5.42. The van der Waals surface area contributed by atoms with E-state index in [2.05, 4.69) is 48.3 Å². The van der Waals surface area contributed by atoms with Crippen molar-refractivity contribution in [1.82, 2.24) is 10.3 Å². The first kappa shape index (κ1) is 13.1. The van der Waals surface area contributed by atoms with Crippen molar-refractivity contribution in [2.45, 2.75) is 33.2 Å². The van der Waals surface area contributed by atoms with Gasteiger partial charge in [0.1, 0.15) is 5.82 Å². The molecule has 0 saturated heterocycles. The van der Waals surface area contributed by atoms with Gasteiger partial charge in [0.2, 0.25) is 0 Å². The van der Waals surface area contributed by atoms with Crippen LogP contribution in [0.15, 0.2) is 29.8 Å². The molecule has 1 aliphatic heterocycles. The fraction of sp³-hybridized carbons (Fsp3) is 0.533. The van der Waals surface area contributed by atoms with Crippen molar-refractivity contribution in [3.05, 3.63) is 35.5 Å². The number of hydrogen-bond acceptors (Lipinski definition) is 3. The molecule has 0 bridgehead atoms. The van der Waals surface area contributed by atoms with Gasteiger partial charge in [-0.1, -0.05) is 24.6 Å². The van der Waals surface area contributed by atoms with Gasteiger partial charge in [0.05, 0.1) is 5.69 Å². The van der Waals surface area contributed by atoms with E-state index in [-0.39, 0.29) is 0 Å². The molecule has 0 atom stereocenters. The van der Waals surface area contributed by atoms with Crippen LogP contribution in [0.5, 0.6) is 0 Å². The fourth-order valence-corrected chi connectivity index (χ4v) is 2.24. The standard InChI is InChI=1S/C15H23N3/c1-3-9-16-11-14-7-4-8-15(17-14)18-10-5-6-13(2)12-18/h4,6-8,16H,3,5,9-12H2,1-2H3. The molecule has 1 aromatic rings. The number of nitrogens with zero attached hydrogens (tertiary/aromatic N) is 2. The van der Waals surface area contributed by atoms with Crippen LogP contribution >= 0.6 is 0 Å². The summed E-state index contributed by atoms with van der Waals surface area (Å²) in [5.74, 6) is 1.11. The summed E-state index contributed by atoms with van der Waals surface area (Å²) in [4.78, 5) is 7.10. The lowest BCUT2D eigenvalue weighted by atomic mass is 10.1. The lowest BCUT2D eigenvalue weighted by Gasteiger charge is -2.27. The van der Waals surface area contributed by atoms with Gasteiger partial charge in [-0.05, 0) is 38.4 Å².